The average molecular weight is 259 g/mol. The van der Waals surface area contributed by atoms with Crippen LogP contribution in [0, 0.1) is 0 Å². The van der Waals surface area contributed by atoms with Gasteiger partial charge in [0.05, 0.1) is 11.0 Å². The molecule has 0 saturated heterocycles. The molecule has 0 fully saturated rings. The zero-order valence-corrected chi connectivity index (χ0v) is 10.6. The van der Waals surface area contributed by atoms with Crippen LogP contribution < -0.4 is 0 Å². The number of rotatable bonds is 2. The standard InChI is InChI=1S/C13H11ClN4/c1-2-12-16-11(14)7-13(17-12)18-8-15-9-5-3-4-6-10(9)18/h3-8H,2H2,1H3. The fourth-order valence-electron chi connectivity index (χ4n) is 1.87. The number of hydrogen-bond donors (Lipinski definition) is 0. The Morgan fingerprint density at radius 1 is 1.22 bits per heavy atom. The van der Waals surface area contributed by atoms with Crippen molar-refractivity contribution in [3.8, 4) is 5.82 Å². The van der Waals surface area contributed by atoms with Gasteiger partial charge in [-0.25, -0.2) is 15.0 Å². The summed E-state index contributed by atoms with van der Waals surface area (Å²) in [6.07, 6.45) is 2.50. The van der Waals surface area contributed by atoms with Crippen molar-refractivity contribution in [2.45, 2.75) is 13.3 Å². The zero-order chi connectivity index (χ0) is 12.5. The van der Waals surface area contributed by atoms with Gasteiger partial charge in [-0.15, -0.1) is 0 Å². The minimum atomic E-state index is 0.453. The topological polar surface area (TPSA) is 43.6 Å². The average Bonchev–Trinajstić information content (AvgIpc) is 2.81. The number of para-hydroxylation sites is 2. The van der Waals surface area contributed by atoms with Crippen LogP contribution in [0.3, 0.4) is 0 Å². The summed E-state index contributed by atoms with van der Waals surface area (Å²) in [5, 5.41) is 0.453. The molecule has 0 amide bonds. The van der Waals surface area contributed by atoms with Gasteiger partial charge in [-0.2, -0.15) is 0 Å². The van der Waals surface area contributed by atoms with E-state index in [4.69, 9.17) is 11.6 Å². The first-order chi connectivity index (χ1) is 8.78. The summed E-state index contributed by atoms with van der Waals surface area (Å²) in [5.74, 6) is 1.48. The third-order valence-corrected chi connectivity index (χ3v) is 2.94. The van der Waals surface area contributed by atoms with Crippen LogP contribution in [0.25, 0.3) is 16.9 Å². The van der Waals surface area contributed by atoms with Gasteiger partial charge < -0.3 is 0 Å². The molecule has 0 radical (unpaired) electrons. The molecule has 0 aliphatic heterocycles. The molecule has 0 unspecified atom stereocenters. The number of nitrogens with zero attached hydrogens (tertiary/aromatic N) is 4. The molecule has 4 nitrogen and oxygen atoms in total. The van der Waals surface area contributed by atoms with Crippen molar-refractivity contribution in [2.75, 3.05) is 0 Å². The Labute approximate surface area is 109 Å². The summed E-state index contributed by atoms with van der Waals surface area (Å²) in [6.45, 7) is 2.00. The SMILES string of the molecule is CCc1nc(Cl)cc(-n2cnc3ccccc32)n1. The van der Waals surface area contributed by atoms with Crippen molar-refractivity contribution in [1.82, 2.24) is 19.5 Å². The van der Waals surface area contributed by atoms with E-state index in [1.807, 2.05) is 35.8 Å². The van der Waals surface area contributed by atoms with E-state index in [1.54, 1.807) is 12.4 Å². The van der Waals surface area contributed by atoms with Crippen LogP contribution in [0.1, 0.15) is 12.7 Å². The highest BCUT2D eigenvalue weighted by atomic mass is 35.5. The molecule has 2 heterocycles. The van der Waals surface area contributed by atoms with Crippen LogP contribution in [0.5, 0.6) is 0 Å². The summed E-state index contributed by atoms with van der Waals surface area (Å²) in [7, 11) is 0. The molecule has 3 rings (SSSR count). The molecule has 0 spiro atoms. The quantitative estimate of drug-likeness (QED) is 0.664. The van der Waals surface area contributed by atoms with Gasteiger partial charge in [0.1, 0.15) is 23.1 Å². The number of fused-ring (bicyclic) bond motifs is 1. The second kappa shape index (κ2) is 4.38. The van der Waals surface area contributed by atoms with E-state index in [-0.39, 0.29) is 0 Å². The lowest BCUT2D eigenvalue weighted by Crippen LogP contribution is -2.01. The van der Waals surface area contributed by atoms with E-state index in [0.717, 1.165) is 29.1 Å². The van der Waals surface area contributed by atoms with Gasteiger partial charge in [0.25, 0.3) is 0 Å². The van der Waals surface area contributed by atoms with E-state index >= 15 is 0 Å². The van der Waals surface area contributed by atoms with Crippen LogP contribution in [-0.4, -0.2) is 19.5 Å². The van der Waals surface area contributed by atoms with E-state index in [9.17, 15) is 0 Å². The van der Waals surface area contributed by atoms with Crippen molar-refractivity contribution in [1.29, 1.82) is 0 Å². The molecule has 1 aromatic carbocycles. The highest BCUT2D eigenvalue weighted by Gasteiger charge is 2.07. The lowest BCUT2D eigenvalue weighted by Gasteiger charge is -2.05. The Kier molecular flexibility index (Phi) is 2.72. The third-order valence-electron chi connectivity index (χ3n) is 2.74. The molecule has 5 heteroatoms. The molecular weight excluding hydrogens is 248 g/mol. The molecule has 0 aliphatic carbocycles. The summed E-state index contributed by atoms with van der Waals surface area (Å²) < 4.78 is 1.92. The van der Waals surface area contributed by atoms with Crippen LogP contribution in [-0.2, 0) is 6.42 Å². The third kappa shape index (κ3) is 1.84. The highest BCUT2D eigenvalue weighted by molar-refractivity contribution is 6.29. The second-order valence-corrected chi connectivity index (χ2v) is 4.31. The van der Waals surface area contributed by atoms with Crippen molar-refractivity contribution in [2.24, 2.45) is 0 Å². The van der Waals surface area contributed by atoms with E-state index in [1.165, 1.54) is 0 Å². The first-order valence-electron chi connectivity index (χ1n) is 5.74. The predicted octanol–water partition coefficient (Wildman–Crippen LogP) is 3.03. The maximum absolute atomic E-state index is 6.01. The van der Waals surface area contributed by atoms with Gasteiger partial charge in [-0.3, -0.25) is 4.57 Å². The van der Waals surface area contributed by atoms with E-state index < -0.39 is 0 Å². The van der Waals surface area contributed by atoms with Gasteiger partial charge in [-0.1, -0.05) is 30.7 Å². The first-order valence-corrected chi connectivity index (χ1v) is 6.11. The van der Waals surface area contributed by atoms with Gasteiger partial charge in [0.2, 0.25) is 0 Å². The van der Waals surface area contributed by atoms with Gasteiger partial charge in [0, 0.05) is 12.5 Å². The number of hydrogen-bond acceptors (Lipinski definition) is 3. The van der Waals surface area contributed by atoms with Crippen molar-refractivity contribution in [3.63, 3.8) is 0 Å². The summed E-state index contributed by atoms with van der Waals surface area (Å²) >= 11 is 6.01. The Bertz CT molecular complexity index is 705. The molecule has 18 heavy (non-hydrogen) atoms. The number of aryl methyl sites for hydroxylation is 1. The van der Waals surface area contributed by atoms with Gasteiger partial charge >= 0.3 is 0 Å². The van der Waals surface area contributed by atoms with Gasteiger partial charge in [0.15, 0.2) is 0 Å². The molecule has 0 N–H and O–H groups in total. The smallest absolute Gasteiger partial charge is 0.143 e. The minimum absolute atomic E-state index is 0.453. The number of benzene rings is 1. The highest BCUT2D eigenvalue weighted by Crippen LogP contribution is 2.18. The summed E-state index contributed by atoms with van der Waals surface area (Å²) in [5.41, 5.74) is 1.94. The van der Waals surface area contributed by atoms with Crippen molar-refractivity contribution < 1.29 is 0 Å². The molecule has 0 saturated carbocycles. The maximum atomic E-state index is 6.01. The summed E-state index contributed by atoms with van der Waals surface area (Å²) in [4.78, 5) is 13.0. The predicted molar refractivity (Wildman–Crippen MR) is 71.0 cm³/mol. The van der Waals surface area contributed by atoms with E-state index in [0.29, 0.717) is 5.15 Å². The largest absolute Gasteiger partial charge is 0.283 e. The minimum Gasteiger partial charge on any atom is -0.283 e. The second-order valence-electron chi connectivity index (χ2n) is 3.92. The normalized spacial score (nSPS) is 11.0. The number of aromatic nitrogens is 4. The summed E-state index contributed by atoms with van der Waals surface area (Å²) in [6, 6.07) is 9.66. The van der Waals surface area contributed by atoms with Crippen LogP contribution in [0.2, 0.25) is 5.15 Å². The Balaban J connectivity index is 2.22. The Hall–Kier alpha value is -1.94. The molecule has 3 aromatic rings. The molecule has 0 atom stereocenters. The maximum Gasteiger partial charge on any atom is 0.143 e. The fourth-order valence-corrected chi connectivity index (χ4v) is 2.07. The monoisotopic (exact) mass is 258 g/mol. The van der Waals surface area contributed by atoms with E-state index in [2.05, 4.69) is 15.0 Å². The fraction of sp³-hybridized carbons (Fsp3) is 0.154. The molecule has 0 bridgehead atoms. The van der Waals surface area contributed by atoms with Crippen LogP contribution >= 0.6 is 11.6 Å². The Morgan fingerprint density at radius 3 is 2.89 bits per heavy atom. The first kappa shape index (κ1) is 11.2. The van der Waals surface area contributed by atoms with Crippen LogP contribution in [0.4, 0.5) is 0 Å². The van der Waals surface area contributed by atoms with Gasteiger partial charge in [-0.05, 0) is 12.1 Å². The number of halogens is 1. The lowest BCUT2D eigenvalue weighted by molar-refractivity contribution is 0.896. The molecule has 90 valence electrons. The zero-order valence-electron chi connectivity index (χ0n) is 9.84. The number of imidazole rings is 1. The Morgan fingerprint density at radius 2 is 2.06 bits per heavy atom. The molecule has 2 aromatic heterocycles. The molecule has 0 aliphatic rings. The van der Waals surface area contributed by atoms with Crippen LogP contribution in [0.15, 0.2) is 36.7 Å². The molecular formula is C13H11ClN4. The van der Waals surface area contributed by atoms with Crippen molar-refractivity contribution in [3.05, 3.63) is 47.6 Å². The van der Waals surface area contributed by atoms with Crippen molar-refractivity contribution >= 4 is 22.6 Å². The lowest BCUT2D eigenvalue weighted by atomic mass is 10.3.